The second-order valence-corrected chi connectivity index (χ2v) is 5.20. The first-order chi connectivity index (χ1) is 10.5. The first kappa shape index (κ1) is 16.1. The maximum absolute atomic E-state index is 5.33. The van der Waals surface area contributed by atoms with Crippen LogP contribution in [0, 0.1) is 6.92 Å². The molecule has 0 spiro atoms. The van der Waals surface area contributed by atoms with Crippen LogP contribution in [-0.2, 0) is 13.6 Å². The van der Waals surface area contributed by atoms with Crippen molar-refractivity contribution >= 4 is 23.0 Å². The van der Waals surface area contributed by atoms with E-state index < -0.39 is 0 Å². The SMILES string of the molecule is COc1ccc(NC(=S)NCc2cn(C)nc2C)c(OC)c1. The van der Waals surface area contributed by atoms with E-state index in [0.29, 0.717) is 17.4 Å². The lowest BCUT2D eigenvalue weighted by molar-refractivity contribution is 0.395. The Morgan fingerprint density at radius 1 is 1.32 bits per heavy atom. The van der Waals surface area contributed by atoms with Crippen LogP contribution in [0.5, 0.6) is 11.5 Å². The first-order valence-corrected chi connectivity index (χ1v) is 7.20. The summed E-state index contributed by atoms with van der Waals surface area (Å²) in [7, 11) is 5.12. The molecule has 118 valence electrons. The van der Waals surface area contributed by atoms with Gasteiger partial charge in [0.25, 0.3) is 0 Å². The number of methoxy groups -OCH3 is 2. The van der Waals surface area contributed by atoms with E-state index in [9.17, 15) is 0 Å². The average Bonchev–Trinajstić information content (AvgIpc) is 2.83. The van der Waals surface area contributed by atoms with Gasteiger partial charge < -0.3 is 20.1 Å². The van der Waals surface area contributed by atoms with Crippen molar-refractivity contribution in [3.8, 4) is 11.5 Å². The van der Waals surface area contributed by atoms with Crippen LogP contribution in [0.1, 0.15) is 11.3 Å². The van der Waals surface area contributed by atoms with E-state index >= 15 is 0 Å². The zero-order valence-corrected chi connectivity index (χ0v) is 14.0. The quantitative estimate of drug-likeness (QED) is 0.824. The van der Waals surface area contributed by atoms with Crippen LogP contribution in [0.2, 0.25) is 0 Å². The first-order valence-electron chi connectivity index (χ1n) is 6.79. The molecule has 0 radical (unpaired) electrons. The Balaban J connectivity index is 1.98. The van der Waals surface area contributed by atoms with Crippen LogP contribution in [0.4, 0.5) is 5.69 Å². The molecule has 0 unspecified atom stereocenters. The lowest BCUT2D eigenvalue weighted by atomic mass is 10.2. The molecule has 2 N–H and O–H groups in total. The zero-order chi connectivity index (χ0) is 16.1. The van der Waals surface area contributed by atoms with Gasteiger partial charge in [0.2, 0.25) is 0 Å². The van der Waals surface area contributed by atoms with E-state index in [-0.39, 0.29) is 0 Å². The predicted octanol–water partition coefficient (Wildman–Crippen LogP) is 2.23. The molecule has 6 nitrogen and oxygen atoms in total. The van der Waals surface area contributed by atoms with Crippen molar-refractivity contribution in [2.24, 2.45) is 7.05 Å². The fourth-order valence-corrected chi connectivity index (χ4v) is 2.25. The van der Waals surface area contributed by atoms with Gasteiger partial charge in [-0.3, -0.25) is 4.68 Å². The molecule has 2 aromatic rings. The molecule has 0 aliphatic heterocycles. The molecule has 0 aliphatic rings. The van der Waals surface area contributed by atoms with Crippen LogP contribution < -0.4 is 20.1 Å². The summed E-state index contributed by atoms with van der Waals surface area (Å²) >= 11 is 5.32. The van der Waals surface area contributed by atoms with Gasteiger partial charge >= 0.3 is 0 Å². The highest BCUT2D eigenvalue weighted by Crippen LogP contribution is 2.28. The van der Waals surface area contributed by atoms with Crippen molar-refractivity contribution in [2.75, 3.05) is 19.5 Å². The van der Waals surface area contributed by atoms with E-state index in [1.807, 2.05) is 32.3 Å². The minimum atomic E-state index is 0.520. The second kappa shape index (κ2) is 7.13. The second-order valence-electron chi connectivity index (χ2n) is 4.79. The van der Waals surface area contributed by atoms with E-state index in [1.165, 1.54) is 0 Å². The van der Waals surface area contributed by atoms with E-state index in [4.69, 9.17) is 21.7 Å². The van der Waals surface area contributed by atoms with E-state index in [0.717, 1.165) is 22.7 Å². The van der Waals surface area contributed by atoms with Gasteiger partial charge in [-0.25, -0.2) is 0 Å². The molecule has 7 heteroatoms. The molecule has 0 aliphatic carbocycles. The number of hydrogen-bond acceptors (Lipinski definition) is 4. The van der Waals surface area contributed by atoms with Gasteiger partial charge in [0.05, 0.1) is 25.6 Å². The standard InChI is InChI=1S/C15H20N4O2S/c1-10-11(9-19(2)18-10)8-16-15(22)17-13-6-5-12(20-3)7-14(13)21-4/h5-7,9H,8H2,1-4H3,(H2,16,17,22). The maximum Gasteiger partial charge on any atom is 0.171 e. The van der Waals surface area contributed by atoms with Gasteiger partial charge in [0.1, 0.15) is 11.5 Å². The molecule has 0 atom stereocenters. The third-order valence-corrected chi connectivity index (χ3v) is 3.46. The minimum absolute atomic E-state index is 0.520. The van der Waals surface area contributed by atoms with Crippen molar-refractivity contribution in [3.05, 3.63) is 35.7 Å². The Labute approximate surface area is 135 Å². The third-order valence-electron chi connectivity index (χ3n) is 3.21. The Kier molecular flexibility index (Phi) is 5.21. The molecular formula is C15H20N4O2S. The third kappa shape index (κ3) is 3.88. The smallest absolute Gasteiger partial charge is 0.171 e. The predicted molar refractivity (Wildman–Crippen MR) is 90.6 cm³/mol. The molecule has 22 heavy (non-hydrogen) atoms. The number of nitrogens with zero attached hydrogens (tertiary/aromatic N) is 2. The lowest BCUT2D eigenvalue weighted by Crippen LogP contribution is -2.28. The number of rotatable bonds is 5. The average molecular weight is 320 g/mol. The Bertz CT molecular complexity index is 670. The summed E-state index contributed by atoms with van der Waals surface area (Å²) in [6.07, 6.45) is 1.97. The van der Waals surface area contributed by atoms with Gasteiger partial charge in [0, 0.05) is 31.4 Å². The number of benzene rings is 1. The number of thiocarbonyl (C=S) groups is 1. The topological polar surface area (TPSA) is 60.3 Å². The summed E-state index contributed by atoms with van der Waals surface area (Å²) in [6, 6.07) is 5.51. The van der Waals surface area contributed by atoms with E-state index in [2.05, 4.69) is 15.7 Å². The lowest BCUT2D eigenvalue weighted by Gasteiger charge is -2.14. The van der Waals surface area contributed by atoms with Crippen LogP contribution in [-0.4, -0.2) is 29.1 Å². The fourth-order valence-electron chi connectivity index (χ4n) is 2.07. The minimum Gasteiger partial charge on any atom is -0.497 e. The summed E-state index contributed by atoms with van der Waals surface area (Å²) in [4.78, 5) is 0. The molecule has 0 saturated heterocycles. The largest absolute Gasteiger partial charge is 0.497 e. The number of ether oxygens (including phenoxy) is 2. The number of anilines is 1. The van der Waals surface area contributed by atoms with E-state index in [1.54, 1.807) is 25.0 Å². The van der Waals surface area contributed by atoms with Gasteiger partial charge in [-0.15, -0.1) is 0 Å². The highest BCUT2D eigenvalue weighted by atomic mass is 32.1. The fraction of sp³-hybridized carbons (Fsp3) is 0.333. The molecule has 0 amide bonds. The Hall–Kier alpha value is -2.28. The van der Waals surface area contributed by atoms with Crippen LogP contribution >= 0.6 is 12.2 Å². The highest BCUT2D eigenvalue weighted by Gasteiger charge is 2.08. The molecular weight excluding hydrogens is 300 g/mol. The van der Waals surface area contributed by atoms with Gasteiger partial charge in [-0.2, -0.15) is 5.10 Å². The molecule has 1 aromatic carbocycles. The zero-order valence-electron chi connectivity index (χ0n) is 13.1. The van der Waals surface area contributed by atoms with Gasteiger partial charge in [-0.05, 0) is 31.3 Å². The van der Waals surface area contributed by atoms with Crippen molar-refractivity contribution in [3.63, 3.8) is 0 Å². The highest BCUT2D eigenvalue weighted by molar-refractivity contribution is 7.80. The Morgan fingerprint density at radius 3 is 2.68 bits per heavy atom. The summed E-state index contributed by atoms with van der Waals surface area (Å²) in [5, 5.41) is 11.1. The van der Waals surface area contributed by atoms with Gasteiger partial charge in [-0.1, -0.05) is 0 Å². The molecule has 0 fully saturated rings. The van der Waals surface area contributed by atoms with Crippen molar-refractivity contribution in [1.29, 1.82) is 0 Å². The van der Waals surface area contributed by atoms with Crippen molar-refractivity contribution in [1.82, 2.24) is 15.1 Å². The normalized spacial score (nSPS) is 10.2. The summed E-state index contributed by atoms with van der Waals surface area (Å²) < 4.78 is 12.3. The summed E-state index contributed by atoms with van der Waals surface area (Å²) in [5.74, 6) is 1.40. The number of aryl methyl sites for hydroxylation is 2. The maximum atomic E-state index is 5.33. The van der Waals surface area contributed by atoms with Gasteiger partial charge in [0.15, 0.2) is 5.11 Å². The Morgan fingerprint density at radius 2 is 2.09 bits per heavy atom. The summed E-state index contributed by atoms with van der Waals surface area (Å²) in [6.45, 7) is 2.59. The monoisotopic (exact) mass is 320 g/mol. The number of hydrogen-bond donors (Lipinski definition) is 2. The number of nitrogens with one attached hydrogen (secondary N) is 2. The molecule has 2 rings (SSSR count). The molecule has 0 bridgehead atoms. The van der Waals surface area contributed by atoms with Crippen molar-refractivity contribution in [2.45, 2.75) is 13.5 Å². The van der Waals surface area contributed by atoms with Crippen molar-refractivity contribution < 1.29 is 9.47 Å². The van der Waals surface area contributed by atoms with Crippen LogP contribution in [0.25, 0.3) is 0 Å². The van der Waals surface area contributed by atoms with Crippen LogP contribution in [0.3, 0.4) is 0 Å². The number of aromatic nitrogens is 2. The molecule has 1 heterocycles. The molecule has 1 aromatic heterocycles. The summed E-state index contributed by atoms with van der Waals surface area (Å²) in [5.41, 5.74) is 2.87. The molecule has 0 saturated carbocycles. The van der Waals surface area contributed by atoms with Crippen LogP contribution in [0.15, 0.2) is 24.4 Å².